The Labute approximate surface area is 125 Å². The fourth-order valence-electron chi connectivity index (χ4n) is 2.79. The molecule has 1 saturated carbocycles. The SMILES string of the molecule is CCCCN(CCCC(C#N)(CC)NCCC)C1CC1. The van der Waals surface area contributed by atoms with Crippen molar-refractivity contribution in [3.63, 3.8) is 0 Å². The van der Waals surface area contributed by atoms with Gasteiger partial charge in [0.2, 0.25) is 0 Å². The minimum atomic E-state index is -0.296. The third-order valence-electron chi connectivity index (χ3n) is 4.44. The molecule has 0 spiro atoms. The standard InChI is InChI=1S/C17H33N3/c1-4-7-13-20(16-9-10-16)14-8-11-17(6-3,15-18)19-12-5-2/h16,19H,4-14H2,1-3H3. The van der Waals surface area contributed by atoms with E-state index in [0.29, 0.717) is 0 Å². The highest BCUT2D eigenvalue weighted by molar-refractivity contribution is 5.06. The Kier molecular flexibility index (Phi) is 8.18. The molecule has 20 heavy (non-hydrogen) atoms. The third kappa shape index (κ3) is 5.81. The van der Waals surface area contributed by atoms with Gasteiger partial charge in [0.15, 0.2) is 0 Å². The van der Waals surface area contributed by atoms with Crippen LogP contribution < -0.4 is 5.32 Å². The highest BCUT2D eigenvalue weighted by atomic mass is 15.2. The molecule has 0 radical (unpaired) electrons. The maximum Gasteiger partial charge on any atom is 0.106 e. The van der Waals surface area contributed by atoms with Crippen molar-refractivity contribution in [2.75, 3.05) is 19.6 Å². The van der Waals surface area contributed by atoms with Crippen molar-refractivity contribution in [1.82, 2.24) is 10.2 Å². The first-order chi connectivity index (χ1) is 9.71. The second-order valence-corrected chi connectivity index (χ2v) is 6.20. The van der Waals surface area contributed by atoms with Gasteiger partial charge in [-0.1, -0.05) is 27.2 Å². The van der Waals surface area contributed by atoms with Crippen LogP contribution in [0, 0.1) is 11.3 Å². The molecule has 1 N–H and O–H groups in total. The fourth-order valence-corrected chi connectivity index (χ4v) is 2.79. The van der Waals surface area contributed by atoms with Crippen molar-refractivity contribution in [2.45, 2.75) is 83.7 Å². The minimum Gasteiger partial charge on any atom is -0.300 e. The van der Waals surface area contributed by atoms with E-state index in [1.165, 1.54) is 38.8 Å². The van der Waals surface area contributed by atoms with Crippen molar-refractivity contribution in [1.29, 1.82) is 5.26 Å². The summed E-state index contributed by atoms with van der Waals surface area (Å²) in [6, 6.07) is 3.38. The highest BCUT2D eigenvalue weighted by Crippen LogP contribution is 2.28. The molecule has 116 valence electrons. The summed E-state index contributed by atoms with van der Waals surface area (Å²) < 4.78 is 0. The Hall–Kier alpha value is -0.590. The number of hydrogen-bond donors (Lipinski definition) is 1. The van der Waals surface area contributed by atoms with Gasteiger partial charge in [-0.15, -0.1) is 0 Å². The van der Waals surface area contributed by atoms with E-state index < -0.39 is 0 Å². The van der Waals surface area contributed by atoms with E-state index in [4.69, 9.17) is 0 Å². The van der Waals surface area contributed by atoms with Crippen LogP contribution in [-0.4, -0.2) is 36.1 Å². The van der Waals surface area contributed by atoms with Gasteiger partial charge in [-0.3, -0.25) is 5.32 Å². The molecule has 3 nitrogen and oxygen atoms in total. The van der Waals surface area contributed by atoms with E-state index in [1.54, 1.807) is 0 Å². The smallest absolute Gasteiger partial charge is 0.106 e. The second kappa shape index (κ2) is 9.37. The quantitative estimate of drug-likeness (QED) is 0.592. The largest absolute Gasteiger partial charge is 0.300 e. The van der Waals surface area contributed by atoms with Crippen LogP contribution in [0.5, 0.6) is 0 Å². The molecule has 1 unspecified atom stereocenters. The average Bonchev–Trinajstić information content (AvgIpc) is 3.31. The molecule has 1 atom stereocenters. The molecule has 0 aromatic rings. The molecule has 1 rings (SSSR count). The van der Waals surface area contributed by atoms with Gasteiger partial charge in [-0.05, 0) is 64.6 Å². The fraction of sp³-hybridized carbons (Fsp3) is 0.941. The molecule has 0 aromatic carbocycles. The van der Waals surface area contributed by atoms with Gasteiger partial charge in [0.25, 0.3) is 0 Å². The number of hydrogen-bond acceptors (Lipinski definition) is 3. The van der Waals surface area contributed by atoms with Gasteiger partial charge in [-0.2, -0.15) is 5.26 Å². The molecule has 0 aliphatic heterocycles. The summed E-state index contributed by atoms with van der Waals surface area (Å²) in [5.74, 6) is 0. The summed E-state index contributed by atoms with van der Waals surface area (Å²) >= 11 is 0. The molecular formula is C17H33N3. The maximum absolute atomic E-state index is 9.51. The lowest BCUT2D eigenvalue weighted by atomic mass is 9.91. The van der Waals surface area contributed by atoms with Crippen molar-refractivity contribution in [2.24, 2.45) is 0 Å². The molecule has 1 aliphatic carbocycles. The summed E-state index contributed by atoms with van der Waals surface area (Å²) in [5, 5.41) is 13.0. The second-order valence-electron chi connectivity index (χ2n) is 6.20. The van der Waals surface area contributed by atoms with Crippen molar-refractivity contribution in [3.8, 4) is 6.07 Å². The van der Waals surface area contributed by atoms with E-state index in [0.717, 1.165) is 38.3 Å². The predicted molar refractivity (Wildman–Crippen MR) is 85.7 cm³/mol. The third-order valence-corrected chi connectivity index (χ3v) is 4.44. The van der Waals surface area contributed by atoms with Crippen LogP contribution in [0.15, 0.2) is 0 Å². The molecule has 1 aliphatic rings. The van der Waals surface area contributed by atoms with Gasteiger partial charge in [0, 0.05) is 6.04 Å². The Morgan fingerprint density at radius 1 is 1.15 bits per heavy atom. The monoisotopic (exact) mass is 279 g/mol. The summed E-state index contributed by atoms with van der Waals surface area (Å²) in [7, 11) is 0. The van der Waals surface area contributed by atoms with Gasteiger partial charge >= 0.3 is 0 Å². The molecule has 0 amide bonds. The average molecular weight is 279 g/mol. The lowest BCUT2D eigenvalue weighted by Crippen LogP contribution is -2.44. The number of nitriles is 1. The van der Waals surface area contributed by atoms with E-state index in [2.05, 4.69) is 37.1 Å². The van der Waals surface area contributed by atoms with Crippen LogP contribution in [0.25, 0.3) is 0 Å². The van der Waals surface area contributed by atoms with Crippen molar-refractivity contribution < 1.29 is 0 Å². The summed E-state index contributed by atoms with van der Waals surface area (Å²) in [5.41, 5.74) is -0.296. The summed E-state index contributed by atoms with van der Waals surface area (Å²) in [6.45, 7) is 9.91. The Morgan fingerprint density at radius 2 is 1.85 bits per heavy atom. The van der Waals surface area contributed by atoms with Gasteiger partial charge < -0.3 is 4.90 Å². The first-order valence-corrected chi connectivity index (χ1v) is 8.61. The number of nitrogens with one attached hydrogen (secondary N) is 1. The van der Waals surface area contributed by atoms with Crippen LogP contribution in [0.3, 0.4) is 0 Å². The predicted octanol–water partition coefficient (Wildman–Crippen LogP) is 3.70. The first-order valence-electron chi connectivity index (χ1n) is 8.61. The van der Waals surface area contributed by atoms with E-state index in [9.17, 15) is 5.26 Å². The maximum atomic E-state index is 9.51. The van der Waals surface area contributed by atoms with Crippen LogP contribution in [0.4, 0.5) is 0 Å². The van der Waals surface area contributed by atoms with Gasteiger partial charge in [0.05, 0.1) is 6.07 Å². The van der Waals surface area contributed by atoms with Gasteiger partial charge in [0.1, 0.15) is 5.54 Å². The van der Waals surface area contributed by atoms with E-state index in [-0.39, 0.29) is 5.54 Å². The van der Waals surface area contributed by atoms with E-state index in [1.807, 2.05) is 0 Å². The van der Waals surface area contributed by atoms with Crippen LogP contribution >= 0.6 is 0 Å². The molecule has 3 heteroatoms. The lowest BCUT2D eigenvalue weighted by Gasteiger charge is -2.28. The van der Waals surface area contributed by atoms with Crippen molar-refractivity contribution in [3.05, 3.63) is 0 Å². The van der Waals surface area contributed by atoms with Crippen molar-refractivity contribution >= 4 is 0 Å². The zero-order valence-electron chi connectivity index (χ0n) is 13.7. The highest BCUT2D eigenvalue weighted by Gasteiger charge is 2.30. The number of unbranched alkanes of at least 4 members (excludes halogenated alkanes) is 1. The molecule has 0 saturated heterocycles. The number of rotatable bonds is 12. The first kappa shape index (κ1) is 17.5. The van der Waals surface area contributed by atoms with Crippen LogP contribution in [0.1, 0.15) is 72.1 Å². The Bertz CT molecular complexity index is 293. The van der Waals surface area contributed by atoms with Crippen LogP contribution in [0.2, 0.25) is 0 Å². The zero-order valence-corrected chi connectivity index (χ0v) is 13.7. The summed E-state index contributed by atoms with van der Waals surface area (Å²) in [4.78, 5) is 2.65. The van der Waals surface area contributed by atoms with Crippen LogP contribution in [-0.2, 0) is 0 Å². The Balaban J connectivity index is 2.36. The minimum absolute atomic E-state index is 0.296. The molecule has 0 heterocycles. The molecule has 0 bridgehead atoms. The lowest BCUT2D eigenvalue weighted by molar-refractivity contribution is 0.240. The normalized spacial score (nSPS) is 17.9. The van der Waals surface area contributed by atoms with E-state index >= 15 is 0 Å². The van der Waals surface area contributed by atoms with Gasteiger partial charge in [-0.25, -0.2) is 0 Å². The Morgan fingerprint density at radius 3 is 2.35 bits per heavy atom. The molecular weight excluding hydrogens is 246 g/mol. The zero-order chi connectivity index (χ0) is 14.8. The molecule has 1 fully saturated rings. The molecule has 0 aromatic heterocycles. The topological polar surface area (TPSA) is 39.1 Å². The summed E-state index contributed by atoms with van der Waals surface area (Å²) in [6.07, 6.45) is 9.47. The number of nitrogens with zero attached hydrogens (tertiary/aromatic N) is 2.